The van der Waals surface area contributed by atoms with Crippen LogP contribution in [0.15, 0.2) is 24.3 Å². The molecule has 2 atom stereocenters. The van der Waals surface area contributed by atoms with Gasteiger partial charge in [-0.25, -0.2) is 0 Å². The van der Waals surface area contributed by atoms with Crippen molar-refractivity contribution in [2.75, 3.05) is 6.54 Å². The van der Waals surface area contributed by atoms with E-state index in [0.29, 0.717) is 18.4 Å². The van der Waals surface area contributed by atoms with Crippen LogP contribution in [0, 0.1) is 11.8 Å². The molecular formula is C19H25N3O2. The molecule has 0 spiro atoms. The number of nitrogens with two attached hydrogens (primary N) is 1. The molecule has 0 aromatic heterocycles. The fourth-order valence-electron chi connectivity index (χ4n) is 4.87. The molecule has 0 radical (unpaired) electrons. The van der Waals surface area contributed by atoms with Gasteiger partial charge >= 0.3 is 0 Å². The third-order valence-corrected chi connectivity index (χ3v) is 5.93. The van der Waals surface area contributed by atoms with E-state index in [9.17, 15) is 9.59 Å². The van der Waals surface area contributed by atoms with E-state index in [2.05, 4.69) is 5.32 Å². The summed E-state index contributed by atoms with van der Waals surface area (Å²) in [7, 11) is 0. The minimum absolute atomic E-state index is 0.0338. The molecule has 4 rings (SSSR count). The summed E-state index contributed by atoms with van der Waals surface area (Å²) in [6, 6.07) is 8.12. The van der Waals surface area contributed by atoms with E-state index in [-0.39, 0.29) is 30.4 Å². The summed E-state index contributed by atoms with van der Waals surface area (Å²) in [5.41, 5.74) is 7.89. The first kappa shape index (κ1) is 15.6. The van der Waals surface area contributed by atoms with Gasteiger partial charge in [0, 0.05) is 24.2 Å². The maximum absolute atomic E-state index is 12.5. The van der Waals surface area contributed by atoms with Gasteiger partial charge in [0.25, 0.3) is 5.91 Å². The lowest BCUT2D eigenvalue weighted by Crippen LogP contribution is -2.55. The van der Waals surface area contributed by atoms with Gasteiger partial charge in [-0.2, -0.15) is 0 Å². The number of rotatable bonds is 3. The van der Waals surface area contributed by atoms with Crippen LogP contribution >= 0.6 is 0 Å². The number of benzene rings is 1. The fourth-order valence-corrected chi connectivity index (χ4v) is 4.87. The molecule has 1 aromatic rings. The highest BCUT2D eigenvalue weighted by molar-refractivity contribution is 6.00. The van der Waals surface area contributed by atoms with E-state index in [1.165, 1.54) is 6.42 Å². The van der Waals surface area contributed by atoms with Gasteiger partial charge in [0.15, 0.2) is 0 Å². The van der Waals surface area contributed by atoms with Crippen molar-refractivity contribution in [3.8, 4) is 0 Å². The lowest BCUT2D eigenvalue weighted by molar-refractivity contribution is -0.124. The van der Waals surface area contributed by atoms with Crippen LogP contribution in [0.3, 0.4) is 0 Å². The molecule has 1 aromatic carbocycles. The summed E-state index contributed by atoms with van der Waals surface area (Å²) >= 11 is 0. The Labute approximate surface area is 142 Å². The predicted molar refractivity (Wildman–Crippen MR) is 91.2 cm³/mol. The Morgan fingerprint density at radius 2 is 1.92 bits per heavy atom. The Morgan fingerprint density at radius 1 is 1.21 bits per heavy atom. The number of hydrogen-bond acceptors (Lipinski definition) is 3. The minimum Gasteiger partial charge on any atom is -0.351 e. The van der Waals surface area contributed by atoms with Gasteiger partial charge in [0.1, 0.15) is 6.54 Å². The zero-order valence-electron chi connectivity index (χ0n) is 13.9. The number of hydrogen-bond donors (Lipinski definition) is 2. The van der Waals surface area contributed by atoms with Crippen molar-refractivity contribution in [2.45, 2.75) is 50.7 Å². The molecular weight excluding hydrogens is 302 g/mol. The summed E-state index contributed by atoms with van der Waals surface area (Å²) in [6.07, 6.45) is 5.58. The molecule has 24 heavy (non-hydrogen) atoms. The molecule has 1 aliphatic heterocycles. The molecule has 0 saturated heterocycles. The molecule has 3 N–H and O–H groups in total. The number of nitrogens with zero attached hydrogens (tertiary/aromatic N) is 1. The van der Waals surface area contributed by atoms with Crippen molar-refractivity contribution in [1.82, 2.24) is 10.2 Å². The molecule has 3 aliphatic rings. The average Bonchev–Trinajstić information content (AvgIpc) is 2.85. The van der Waals surface area contributed by atoms with E-state index in [4.69, 9.17) is 5.73 Å². The highest BCUT2D eigenvalue weighted by atomic mass is 16.2. The Balaban J connectivity index is 1.39. The van der Waals surface area contributed by atoms with Crippen molar-refractivity contribution in [3.63, 3.8) is 0 Å². The van der Waals surface area contributed by atoms with Crippen LogP contribution in [0.2, 0.25) is 0 Å². The topological polar surface area (TPSA) is 75.4 Å². The Hall–Kier alpha value is -1.88. The zero-order valence-corrected chi connectivity index (χ0v) is 13.9. The Bertz CT molecular complexity index is 646. The monoisotopic (exact) mass is 327 g/mol. The second-order valence-corrected chi connectivity index (χ2v) is 7.59. The van der Waals surface area contributed by atoms with Gasteiger partial charge in [0.05, 0.1) is 0 Å². The van der Waals surface area contributed by atoms with Crippen LogP contribution in [-0.4, -0.2) is 35.3 Å². The SMILES string of the molecule is NC1CC2CCCC(C1)C2NC(=O)CN1Cc2ccccc2C1=O. The molecule has 5 nitrogen and oxygen atoms in total. The lowest BCUT2D eigenvalue weighted by atomic mass is 9.67. The molecule has 2 saturated carbocycles. The maximum Gasteiger partial charge on any atom is 0.254 e. The number of fused-ring (bicyclic) bond motifs is 3. The van der Waals surface area contributed by atoms with E-state index < -0.39 is 0 Å². The maximum atomic E-state index is 12.5. The van der Waals surface area contributed by atoms with Crippen LogP contribution < -0.4 is 11.1 Å². The highest BCUT2D eigenvalue weighted by Gasteiger charge is 2.40. The van der Waals surface area contributed by atoms with E-state index in [1.54, 1.807) is 4.90 Å². The van der Waals surface area contributed by atoms with Crippen LogP contribution in [0.4, 0.5) is 0 Å². The molecule has 2 fully saturated rings. The Morgan fingerprint density at radius 3 is 2.62 bits per heavy atom. The lowest BCUT2D eigenvalue weighted by Gasteiger charge is -2.45. The van der Waals surface area contributed by atoms with Crippen molar-refractivity contribution in [2.24, 2.45) is 17.6 Å². The second kappa shape index (κ2) is 6.20. The number of carbonyl (C=O) groups excluding carboxylic acids is 2. The second-order valence-electron chi connectivity index (χ2n) is 7.59. The van der Waals surface area contributed by atoms with Crippen molar-refractivity contribution < 1.29 is 9.59 Å². The number of amides is 2. The normalized spacial score (nSPS) is 31.7. The van der Waals surface area contributed by atoms with Crippen molar-refractivity contribution >= 4 is 11.8 Å². The number of nitrogens with one attached hydrogen (secondary N) is 1. The first-order valence-electron chi connectivity index (χ1n) is 9.04. The van der Waals surface area contributed by atoms with Crippen molar-refractivity contribution in [3.05, 3.63) is 35.4 Å². The molecule has 128 valence electrons. The van der Waals surface area contributed by atoms with E-state index in [1.807, 2.05) is 24.3 Å². The van der Waals surface area contributed by atoms with Gasteiger partial charge in [-0.3, -0.25) is 9.59 Å². The zero-order chi connectivity index (χ0) is 16.7. The Kier molecular flexibility index (Phi) is 4.04. The summed E-state index contributed by atoms with van der Waals surface area (Å²) in [4.78, 5) is 26.6. The van der Waals surface area contributed by atoms with Crippen LogP contribution in [0.5, 0.6) is 0 Å². The van der Waals surface area contributed by atoms with Gasteiger partial charge < -0.3 is 16.0 Å². The van der Waals surface area contributed by atoms with Crippen LogP contribution in [0.25, 0.3) is 0 Å². The summed E-state index contributed by atoms with van der Waals surface area (Å²) in [5, 5.41) is 3.23. The van der Waals surface area contributed by atoms with Crippen molar-refractivity contribution in [1.29, 1.82) is 0 Å². The smallest absolute Gasteiger partial charge is 0.254 e. The largest absolute Gasteiger partial charge is 0.351 e. The van der Waals surface area contributed by atoms with E-state index in [0.717, 1.165) is 36.8 Å². The summed E-state index contributed by atoms with van der Waals surface area (Å²) in [5.74, 6) is 0.936. The average molecular weight is 327 g/mol. The number of carbonyl (C=O) groups is 2. The van der Waals surface area contributed by atoms with Crippen LogP contribution in [-0.2, 0) is 11.3 Å². The first-order chi connectivity index (χ1) is 11.6. The van der Waals surface area contributed by atoms with Gasteiger partial charge in [0.2, 0.25) is 5.91 Å². The third-order valence-electron chi connectivity index (χ3n) is 5.93. The van der Waals surface area contributed by atoms with E-state index >= 15 is 0 Å². The quantitative estimate of drug-likeness (QED) is 0.886. The molecule has 1 heterocycles. The van der Waals surface area contributed by atoms with Gasteiger partial charge in [-0.05, 0) is 49.1 Å². The molecule has 2 aliphatic carbocycles. The summed E-state index contributed by atoms with van der Waals surface area (Å²) in [6.45, 7) is 0.681. The molecule has 2 bridgehead atoms. The highest BCUT2D eigenvalue weighted by Crippen LogP contribution is 2.39. The fraction of sp³-hybridized carbons (Fsp3) is 0.579. The van der Waals surface area contributed by atoms with Gasteiger partial charge in [-0.15, -0.1) is 0 Å². The van der Waals surface area contributed by atoms with Gasteiger partial charge in [-0.1, -0.05) is 24.6 Å². The minimum atomic E-state index is -0.0355. The standard InChI is InChI=1S/C19H25N3O2/c20-15-8-12-5-3-6-13(9-15)18(12)21-17(23)11-22-10-14-4-1-2-7-16(14)19(22)24/h1-2,4,7,12-13,15,18H,3,5-6,8-11,20H2,(H,21,23). The first-order valence-corrected chi connectivity index (χ1v) is 9.04. The molecule has 2 unspecified atom stereocenters. The third kappa shape index (κ3) is 2.81. The summed E-state index contributed by atoms with van der Waals surface area (Å²) < 4.78 is 0. The molecule has 5 heteroatoms. The predicted octanol–water partition coefficient (Wildman–Crippen LogP) is 1.66. The molecule has 2 amide bonds. The van der Waals surface area contributed by atoms with Crippen LogP contribution in [0.1, 0.15) is 48.0 Å².